The lowest BCUT2D eigenvalue weighted by atomic mass is 9.94. The van der Waals surface area contributed by atoms with Crippen molar-refractivity contribution in [2.24, 2.45) is 0 Å². The van der Waals surface area contributed by atoms with Gasteiger partial charge in [-0.05, 0) is 22.3 Å². The minimum Gasteiger partial charge on any atom is -0.374 e. The minimum atomic E-state index is -2.38. The molecule has 0 aliphatic carbocycles. The molecule has 15 heteroatoms. The van der Waals surface area contributed by atoms with Gasteiger partial charge in [0.05, 0.1) is 39.6 Å². The summed E-state index contributed by atoms with van der Waals surface area (Å²) >= 11 is 18.2. The molecule has 0 aromatic heterocycles. The molecule has 8 rings (SSSR count). The Labute approximate surface area is 387 Å². The first-order chi connectivity index (χ1) is 31.2. The van der Waals surface area contributed by atoms with Crippen LogP contribution in [0, 0.1) is 0 Å². The molecule has 64 heavy (non-hydrogen) atoms. The van der Waals surface area contributed by atoms with Crippen LogP contribution in [0.1, 0.15) is 34.1 Å². The first-order valence-corrected chi connectivity index (χ1v) is 22.3. The first kappa shape index (κ1) is 46.6. The van der Waals surface area contributed by atoms with E-state index >= 15 is 0 Å². The van der Waals surface area contributed by atoms with Crippen LogP contribution in [-0.4, -0.2) is 89.4 Å². The van der Waals surface area contributed by atoms with Crippen LogP contribution in [0.25, 0.3) is 0 Å². The van der Waals surface area contributed by atoms with Crippen molar-refractivity contribution in [1.29, 1.82) is 0 Å². The predicted octanol–water partition coefficient (Wildman–Crippen LogP) is 7.76. The van der Waals surface area contributed by atoms with E-state index in [1.807, 2.05) is 152 Å². The van der Waals surface area contributed by atoms with E-state index in [-0.39, 0.29) is 39.6 Å². The highest BCUT2D eigenvalue weighted by Crippen LogP contribution is 2.39. The molecule has 0 bridgehead atoms. The normalized spacial score (nSPS) is 28.2. The number of hydrogen-bond donors (Lipinski definition) is 2. The second kappa shape index (κ2) is 22.5. The fraction of sp³-hybridized carbons (Fsp3) is 0.367. The summed E-state index contributed by atoms with van der Waals surface area (Å²) in [4.78, 5) is 13.3. The highest BCUT2D eigenvalue weighted by Gasteiger charge is 2.56. The zero-order chi connectivity index (χ0) is 44.3. The molecule has 3 aliphatic heterocycles. The smallest absolute Gasteiger partial charge is 0.272 e. The van der Waals surface area contributed by atoms with Gasteiger partial charge in [-0.1, -0.05) is 186 Å². The van der Waals surface area contributed by atoms with Crippen molar-refractivity contribution in [2.75, 3.05) is 13.2 Å². The molecule has 1 amide bonds. The number of halogens is 3. The molecule has 3 fully saturated rings. The van der Waals surface area contributed by atoms with Crippen LogP contribution in [0.5, 0.6) is 0 Å². The van der Waals surface area contributed by atoms with Gasteiger partial charge >= 0.3 is 0 Å². The van der Waals surface area contributed by atoms with E-state index in [0.29, 0.717) is 0 Å². The number of fused-ring (bicyclic) bond motifs is 1. The van der Waals surface area contributed by atoms with Crippen LogP contribution in [0.4, 0.5) is 0 Å². The van der Waals surface area contributed by atoms with Gasteiger partial charge < -0.3 is 53.1 Å². The highest BCUT2D eigenvalue weighted by atomic mass is 35.6. The molecule has 3 saturated heterocycles. The lowest BCUT2D eigenvalue weighted by Gasteiger charge is -2.51. The maximum absolute atomic E-state index is 13.3. The number of amides is 1. The number of nitrogens with one attached hydrogen (secondary N) is 1. The van der Waals surface area contributed by atoms with Crippen LogP contribution < -0.4 is 5.32 Å². The zero-order valence-corrected chi connectivity index (χ0v) is 37.0. The Morgan fingerprint density at radius 2 is 1.09 bits per heavy atom. The fourth-order valence-electron chi connectivity index (χ4n) is 7.93. The quantitative estimate of drug-likeness (QED) is 0.0888. The number of alkyl halides is 3. The van der Waals surface area contributed by atoms with Gasteiger partial charge in [-0.3, -0.25) is 4.79 Å². The fourth-order valence-corrected chi connectivity index (χ4v) is 8.09. The molecular formula is C49H50Cl3NO11. The number of carbonyl (C=O) groups is 1. The molecular weight excluding hydrogens is 885 g/mol. The number of aliphatic hydroxyl groups is 1. The Morgan fingerprint density at radius 3 is 1.62 bits per heavy atom. The molecule has 12 nitrogen and oxygen atoms in total. The molecule has 5 aromatic rings. The summed E-state index contributed by atoms with van der Waals surface area (Å²) in [7, 11) is 0. The van der Waals surface area contributed by atoms with Crippen molar-refractivity contribution in [3.63, 3.8) is 0 Å². The van der Waals surface area contributed by atoms with Crippen molar-refractivity contribution in [2.45, 2.75) is 97.9 Å². The summed E-state index contributed by atoms with van der Waals surface area (Å²) in [6.07, 6.45) is -9.93. The molecule has 5 aromatic carbocycles. The number of ether oxygens (including phenoxy) is 9. The third-order valence-electron chi connectivity index (χ3n) is 11.1. The monoisotopic (exact) mass is 933 g/mol. The molecule has 3 heterocycles. The minimum absolute atomic E-state index is 0.0470. The third kappa shape index (κ3) is 12.3. The van der Waals surface area contributed by atoms with E-state index in [1.165, 1.54) is 0 Å². The molecule has 3 aliphatic rings. The molecule has 2 N–H and O–H groups in total. The summed E-state index contributed by atoms with van der Waals surface area (Å²) < 4.78 is 57.4. The van der Waals surface area contributed by atoms with E-state index in [2.05, 4.69) is 5.32 Å². The summed E-state index contributed by atoms with van der Waals surface area (Å²) in [5, 5.41) is 14.3. The summed E-state index contributed by atoms with van der Waals surface area (Å²) in [6, 6.07) is 46.9. The average molecular weight is 935 g/mol. The zero-order valence-electron chi connectivity index (χ0n) is 34.7. The number of benzene rings is 5. The van der Waals surface area contributed by atoms with E-state index in [4.69, 9.17) is 77.4 Å². The number of hydrogen-bond acceptors (Lipinski definition) is 11. The van der Waals surface area contributed by atoms with Crippen LogP contribution in [0.15, 0.2) is 152 Å². The van der Waals surface area contributed by atoms with Crippen LogP contribution in [0.2, 0.25) is 0 Å². The van der Waals surface area contributed by atoms with Crippen molar-refractivity contribution in [3.8, 4) is 0 Å². The maximum atomic E-state index is 13.3. The van der Waals surface area contributed by atoms with Gasteiger partial charge in [0.15, 0.2) is 18.9 Å². The Kier molecular flexibility index (Phi) is 16.4. The average Bonchev–Trinajstić information content (AvgIpc) is 3.32. The van der Waals surface area contributed by atoms with Crippen LogP contribution >= 0.6 is 34.8 Å². The number of carbonyl (C=O) groups excluding carboxylic acids is 1. The van der Waals surface area contributed by atoms with Crippen molar-refractivity contribution >= 4 is 40.7 Å². The van der Waals surface area contributed by atoms with Crippen molar-refractivity contribution < 1.29 is 52.5 Å². The third-order valence-corrected chi connectivity index (χ3v) is 11.6. The largest absolute Gasteiger partial charge is 0.374 e. The van der Waals surface area contributed by atoms with E-state index < -0.39 is 77.3 Å². The lowest BCUT2D eigenvalue weighted by Crippen LogP contribution is -2.69. The van der Waals surface area contributed by atoms with Gasteiger partial charge in [-0.25, -0.2) is 0 Å². The predicted molar refractivity (Wildman–Crippen MR) is 238 cm³/mol. The molecule has 338 valence electrons. The standard InChI is InChI=1S/C49H50Cl3NO11/c50-49(51,52)48(55)53-39-42(57-27-33-18-8-2-9-19-33)40(37(61-45(39)54)30-56-26-32-16-6-1-7-17-32)64-47-44(59-29-35-22-12-4-13-23-35)43(58-28-34-20-10-3-11-21-34)41-38(62-47)31-60-46(63-41)36-24-14-5-15-25-36/h1-25,37-47,54H,26-31H2,(H,53,55)/t37-,38-,39-,40-,41+,42-,43+,44-,45+,46?,47+/m1/s1. The molecule has 0 spiro atoms. The SMILES string of the molecule is O=C(N[C@@H]1[C@@H](OCc2ccccc2)[C@H](O[C@@H]2O[C@@H]3COC(c4ccccc4)O[C@@H]3[C@H](OCc3ccccc3)[C@H]2OCc2ccccc2)[C@@H](COCc2ccccc2)O[C@@H]1O)C(Cl)(Cl)Cl. The summed E-state index contributed by atoms with van der Waals surface area (Å²) in [5.74, 6) is -1.00. The summed E-state index contributed by atoms with van der Waals surface area (Å²) in [6.45, 7) is 0.710. The van der Waals surface area contributed by atoms with E-state index in [9.17, 15) is 9.90 Å². The number of rotatable bonds is 17. The highest BCUT2D eigenvalue weighted by molar-refractivity contribution is 6.76. The van der Waals surface area contributed by atoms with E-state index in [0.717, 1.165) is 27.8 Å². The van der Waals surface area contributed by atoms with Gasteiger partial charge in [0.2, 0.25) is 0 Å². The Balaban J connectivity index is 1.16. The second-order valence-electron chi connectivity index (χ2n) is 15.7. The van der Waals surface area contributed by atoms with Crippen molar-refractivity contribution in [3.05, 3.63) is 179 Å². The van der Waals surface area contributed by atoms with Crippen molar-refractivity contribution in [1.82, 2.24) is 5.32 Å². The number of aliphatic hydroxyl groups excluding tert-OH is 1. The van der Waals surface area contributed by atoms with Gasteiger partial charge in [-0.2, -0.15) is 0 Å². The first-order valence-electron chi connectivity index (χ1n) is 21.1. The summed E-state index contributed by atoms with van der Waals surface area (Å²) in [5.41, 5.74) is 4.39. The topological polar surface area (TPSA) is 132 Å². The van der Waals surface area contributed by atoms with E-state index in [1.54, 1.807) is 0 Å². The molecule has 0 radical (unpaired) electrons. The Bertz CT molecular complexity index is 2160. The Morgan fingerprint density at radius 1 is 0.609 bits per heavy atom. The van der Waals surface area contributed by atoms with Crippen LogP contribution in [-0.2, 0) is 73.9 Å². The lowest BCUT2D eigenvalue weighted by molar-refractivity contribution is -0.390. The van der Waals surface area contributed by atoms with Crippen LogP contribution in [0.3, 0.4) is 0 Å². The van der Waals surface area contributed by atoms with Gasteiger partial charge in [0.25, 0.3) is 9.70 Å². The Hall–Kier alpha value is -3.96. The van der Waals surface area contributed by atoms with Gasteiger partial charge in [0, 0.05) is 5.56 Å². The van der Waals surface area contributed by atoms with Gasteiger partial charge in [0.1, 0.15) is 48.8 Å². The molecule has 0 saturated carbocycles. The second-order valence-corrected chi connectivity index (χ2v) is 17.9. The molecule has 11 atom stereocenters. The maximum Gasteiger partial charge on any atom is 0.272 e. The molecule has 1 unspecified atom stereocenters. The van der Waals surface area contributed by atoms with Gasteiger partial charge in [-0.15, -0.1) is 0 Å².